The average Bonchev–Trinajstić information content (AvgIpc) is 2.06. The Balaban J connectivity index is 2.17. The molecule has 0 aromatic heterocycles. The molecule has 0 N–H and O–H groups in total. The highest BCUT2D eigenvalue weighted by Gasteiger charge is 2.16. The molecule has 0 saturated carbocycles. The molecule has 64 valence electrons. The van der Waals surface area contributed by atoms with Gasteiger partial charge in [-0.1, -0.05) is 24.3 Å². The summed E-state index contributed by atoms with van der Waals surface area (Å²) < 4.78 is 0. The zero-order valence-corrected chi connectivity index (χ0v) is 7.60. The highest BCUT2D eigenvalue weighted by Crippen LogP contribution is 2.29. The molecule has 1 unspecified atom stereocenters. The van der Waals surface area contributed by atoms with E-state index in [2.05, 4.69) is 17.9 Å². The lowest BCUT2D eigenvalue weighted by Crippen LogP contribution is -2.08. The Morgan fingerprint density at radius 1 is 1.17 bits per heavy atom. The van der Waals surface area contributed by atoms with Crippen LogP contribution in [0.15, 0.2) is 11.6 Å². The van der Waals surface area contributed by atoms with E-state index >= 15 is 0 Å². The fraction of sp³-hybridized carbons (Fsp3) is 0.667. The van der Waals surface area contributed by atoms with Crippen molar-refractivity contribution in [3.8, 4) is 11.8 Å². The second kappa shape index (κ2) is 3.81. The van der Waals surface area contributed by atoms with E-state index in [9.17, 15) is 0 Å². The van der Waals surface area contributed by atoms with E-state index in [1.165, 1.54) is 44.1 Å². The van der Waals surface area contributed by atoms with Gasteiger partial charge in [-0.3, -0.25) is 0 Å². The third-order valence-corrected chi connectivity index (χ3v) is 2.90. The van der Waals surface area contributed by atoms with Crippen molar-refractivity contribution < 1.29 is 0 Å². The van der Waals surface area contributed by atoms with E-state index in [4.69, 9.17) is 0 Å². The van der Waals surface area contributed by atoms with Gasteiger partial charge in [0.25, 0.3) is 0 Å². The number of hydrogen-bond donors (Lipinski definition) is 0. The SMILES string of the molecule is C1#CC2=CCCCC2CCCC1. The highest BCUT2D eigenvalue weighted by molar-refractivity contribution is 5.32. The summed E-state index contributed by atoms with van der Waals surface area (Å²) in [5.74, 6) is 7.43. The first-order valence-corrected chi connectivity index (χ1v) is 5.16. The molecule has 0 fully saturated rings. The number of allylic oxidation sites excluding steroid dienone is 2. The molecule has 0 bridgehead atoms. The molecule has 0 aliphatic heterocycles. The van der Waals surface area contributed by atoms with Crippen molar-refractivity contribution in [3.63, 3.8) is 0 Å². The van der Waals surface area contributed by atoms with Crippen molar-refractivity contribution >= 4 is 0 Å². The molecule has 0 heterocycles. The van der Waals surface area contributed by atoms with Crippen molar-refractivity contribution in [2.45, 2.75) is 44.9 Å². The molecule has 0 heteroatoms. The molecule has 0 aromatic carbocycles. The van der Waals surface area contributed by atoms with Crippen LogP contribution in [0, 0.1) is 17.8 Å². The zero-order valence-electron chi connectivity index (χ0n) is 7.60. The lowest BCUT2D eigenvalue weighted by Gasteiger charge is -2.21. The first-order chi connectivity index (χ1) is 5.97. The fourth-order valence-corrected chi connectivity index (χ4v) is 2.17. The second-order valence-corrected chi connectivity index (χ2v) is 3.83. The van der Waals surface area contributed by atoms with Crippen LogP contribution in [0.25, 0.3) is 0 Å². The van der Waals surface area contributed by atoms with Crippen molar-refractivity contribution in [3.05, 3.63) is 11.6 Å². The molecule has 2 aliphatic rings. The zero-order chi connectivity index (χ0) is 8.23. The summed E-state index contributed by atoms with van der Waals surface area (Å²) in [7, 11) is 0. The Bertz CT molecular complexity index is 236. The van der Waals surface area contributed by atoms with Gasteiger partial charge in [0.2, 0.25) is 0 Å². The molecule has 0 spiro atoms. The largest absolute Gasteiger partial charge is 0.0982 e. The normalized spacial score (nSPS) is 28.7. The molecule has 1 atom stereocenters. The maximum absolute atomic E-state index is 3.33. The van der Waals surface area contributed by atoms with Gasteiger partial charge in [-0.15, -0.1) is 0 Å². The van der Waals surface area contributed by atoms with Crippen LogP contribution in [-0.2, 0) is 0 Å². The van der Waals surface area contributed by atoms with Crippen molar-refractivity contribution in [1.82, 2.24) is 0 Å². The topological polar surface area (TPSA) is 0 Å². The Morgan fingerprint density at radius 3 is 3.08 bits per heavy atom. The predicted molar refractivity (Wildman–Crippen MR) is 51.7 cm³/mol. The third-order valence-electron chi connectivity index (χ3n) is 2.90. The molecule has 0 amide bonds. The molecular formula is C12H16. The van der Waals surface area contributed by atoms with Crippen LogP contribution in [0.4, 0.5) is 0 Å². The van der Waals surface area contributed by atoms with Gasteiger partial charge in [0.05, 0.1) is 0 Å². The predicted octanol–water partition coefficient (Wildman–Crippen LogP) is 3.29. The van der Waals surface area contributed by atoms with Gasteiger partial charge < -0.3 is 0 Å². The lowest BCUT2D eigenvalue weighted by molar-refractivity contribution is 0.465. The molecule has 2 rings (SSSR count). The molecule has 12 heavy (non-hydrogen) atoms. The van der Waals surface area contributed by atoms with Crippen LogP contribution >= 0.6 is 0 Å². The van der Waals surface area contributed by atoms with Crippen molar-refractivity contribution in [2.75, 3.05) is 0 Å². The van der Waals surface area contributed by atoms with Gasteiger partial charge in [0.1, 0.15) is 0 Å². The van der Waals surface area contributed by atoms with Gasteiger partial charge in [-0.2, -0.15) is 0 Å². The Morgan fingerprint density at radius 2 is 2.08 bits per heavy atom. The third kappa shape index (κ3) is 1.72. The first-order valence-electron chi connectivity index (χ1n) is 5.16. The number of hydrogen-bond acceptors (Lipinski definition) is 0. The van der Waals surface area contributed by atoms with E-state index in [1.807, 2.05) is 0 Å². The first kappa shape index (κ1) is 7.92. The number of fused-ring (bicyclic) bond motifs is 1. The molecule has 0 radical (unpaired) electrons. The average molecular weight is 160 g/mol. The van der Waals surface area contributed by atoms with Gasteiger partial charge in [-0.05, 0) is 38.0 Å². The summed E-state index contributed by atoms with van der Waals surface area (Å²) in [4.78, 5) is 0. The van der Waals surface area contributed by atoms with Crippen LogP contribution in [-0.4, -0.2) is 0 Å². The van der Waals surface area contributed by atoms with Crippen LogP contribution < -0.4 is 0 Å². The summed E-state index contributed by atoms with van der Waals surface area (Å²) in [6.07, 6.45) is 11.6. The van der Waals surface area contributed by atoms with E-state index in [0.29, 0.717) is 0 Å². The Hall–Kier alpha value is -0.700. The maximum Gasteiger partial charge on any atom is 0.00923 e. The molecule has 0 nitrogen and oxygen atoms in total. The van der Waals surface area contributed by atoms with E-state index in [-0.39, 0.29) is 0 Å². The van der Waals surface area contributed by atoms with Gasteiger partial charge in [0.15, 0.2) is 0 Å². The molecular weight excluding hydrogens is 144 g/mol. The molecule has 2 aliphatic carbocycles. The van der Waals surface area contributed by atoms with Gasteiger partial charge in [0, 0.05) is 12.0 Å². The highest BCUT2D eigenvalue weighted by atomic mass is 14.2. The lowest BCUT2D eigenvalue weighted by atomic mass is 9.83. The van der Waals surface area contributed by atoms with Crippen LogP contribution in [0.1, 0.15) is 44.9 Å². The van der Waals surface area contributed by atoms with Crippen LogP contribution in [0.5, 0.6) is 0 Å². The minimum Gasteiger partial charge on any atom is -0.0982 e. The van der Waals surface area contributed by atoms with E-state index < -0.39 is 0 Å². The molecule has 0 aromatic rings. The Kier molecular flexibility index (Phi) is 2.51. The standard InChI is InChI=1S/C12H16/c1-2-4-8-12-10-6-5-9-11(12)7-3-1/h10-11H,1-3,5-7,9H2. The van der Waals surface area contributed by atoms with Crippen molar-refractivity contribution in [2.24, 2.45) is 5.92 Å². The minimum atomic E-state index is 0.826. The summed E-state index contributed by atoms with van der Waals surface area (Å²) in [5, 5.41) is 0. The van der Waals surface area contributed by atoms with Crippen LogP contribution in [0.3, 0.4) is 0 Å². The fourth-order valence-electron chi connectivity index (χ4n) is 2.17. The second-order valence-electron chi connectivity index (χ2n) is 3.83. The van der Waals surface area contributed by atoms with Crippen molar-refractivity contribution in [1.29, 1.82) is 0 Å². The maximum atomic E-state index is 3.33. The van der Waals surface area contributed by atoms with Gasteiger partial charge in [-0.25, -0.2) is 0 Å². The summed E-state index contributed by atoms with van der Waals surface area (Å²) in [5.41, 5.74) is 1.46. The minimum absolute atomic E-state index is 0.826. The summed E-state index contributed by atoms with van der Waals surface area (Å²) in [6, 6.07) is 0. The molecule has 0 saturated heterocycles. The monoisotopic (exact) mass is 160 g/mol. The van der Waals surface area contributed by atoms with E-state index in [0.717, 1.165) is 12.3 Å². The quantitative estimate of drug-likeness (QED) is 0.477. The number of rotatable bonds is 0. The summed E-state index contributed by atoms with van der Waals surface area (Å²) >= 11 is 0. The van der Waals surface area contributed by atoms with Crippen LogP contribution in [0.2, 0.25) is 0 Å². The van der Waals surface area contributed by atoms with Gasteiger partial charge >= 0.3 is 0 Å². The Labute approximate surface area is 75.1 Å². The summed E-state index contributed by atoms with van der Waals surface area (Å²) in [6.45, 7) is 0. The van der Waals surface area contributed by atoms with E-state index in [1.54, 1.807) is 0 Å². The smallest absolute Gasteiger partial charge is 0.00923 e.